The van der Waals surface area contributed by atoms with Crippen LogP contribution in [-0.4, -0.2) is 28.0 Å². The number of nitrogens with one attached hydrogen (secondary N) is 1. The summed E-state index contributed by atoms with van der Waals surface area (Å²) in [5.41, 5.74) is 1.08. The number of aryl methyl sites for hydroxylation is 1. The summed E-state index contributed by atoms with van der Waals surface area (Å²) in [6, 6.07) is 2.26. The van der Waals surface area contributed by atoms with Gasteiger partial charge in [-0.2, -0.15) is 5.10 Å². The predicted molar refractivity (Wildman–Crippen MR) is 60.5 cm³/mol. The summed E-state index contributed by atoms with van der Waals surface area (Å²) >= 11 is 0. The lowest BCUT2D eigenvalue weighted by Gasteiger charge is -2.24. The van der Waals surface area contributed by atoms with Crippen molar-refractivity contribution in [1.82, 2.24) is 15.1 Å². The van der Waals surface area contributed by atoms with E-state index in [1.807, 2.05) is 31.6 Å². The Kier molecular flexibility index (Phi) is 3.88. The van der Waals surface area contributed by atoms with Crippen LogP contribution in [0.25, 0.3) is 0 Å². The molecular weight excluding hydrogens is 190 g/mol. The molecule has 0 aliphatic rings. The molecule has 4 nitrogen and oxygen atoms in total. The summed E-state index contributed by atoms with van der Waals surface area (Å²) in [5.74, 6) is 0. The third-order valence-corrected chi connectivity index (χ3v) is 2.62. The summed E-state index contributed by atoms with van der Waals surface area (Å²) in [4.78, 5) is 0. The monoisotopic (exact) mass is 211 g/mol. The second-order valence-electron chi connectivity index (χ2n) is 4.80. The number of aliphatic hydroxyl groups excluding tert-OH is 1. The van der Waals surface area contributed by atoms with Crippen molar-refractivity contribution in [2.24, 2.45) is 12.5 Å². The van der Waals surface area contributed by atoms with Crippen molar-refractivity contribution in [2.75, 3.05) is 13.2 Å². The van der Waals surface area contributed by atoms with Gasteiger partial charge < -0.3 is 10.4 Å². The van der Waals surface area contributed by atoms with E-state index in [2.05, 4.69) is 17.3 Å². The second-order valence-corrected chi connectivity index (χ2v) is 4.80. The van der Waals surface area contributed by atoms with Crippen molar-refractivity contribution in [1.29, 1.82) is 0 Å². The molecule has 0 aromatic carbocycles. The summed E-state index contributed by atoms with van der Waals surface area (Å²) < 4.78 is 1.86. The molecule has 1 unspecified atom stereocenters. The highest BCUT2D eigenvalue weighted by Crippen LogP contribution is 2.15. The molecule has 1 heterocycles. The molecule has 0 spiro atoms. The first kappa shape index (κ1) is 12.2. The zero-order chi connectivity index (χ0) is 11.5. The molecule has 15 heavy (non-hydrogen) atoms. The molecule has 0 radical (unpaired) electrons. The number of hydrogen-bond acceptors (Lipinski definition) is 3. The van der Waals surface area contributed by atoms with Crippen LogP contribution in [-0.2, 0) is 7.05 Å². The summed E-state index contributed by atoms with van der Waals surface area (Å²) in [6.07, 6.45) is 1.80. The summed E-state index contributed by atoms with van der Waals surface area (Å²) in [7, 11) is 1.94. The van der Waals surface area contributed by atoms with Crippen molar-refractivity contribution < 1.29 is 5.11 Å². The smallest absolute Gasteiger partial charge is 0.0547 e. The third kappa shape index (κ3) is 3.32. The molecule has 2 N–H and O–H groups in total. The maximum Gasteiger partial charge on any atom is 0.0547 e. The zero-order valence-corrected chi connectivity index (χ0v) is 9.99. The first-order chi connectivity index (χ1) is 6.96. The molecule has 86 valence electrons. The number of nitrogens with zero attached hydrogens (tertiary/aromatic N) is 2. The Balaban J connectivity index is 2.50. The van der Waals surface area contributed by atoms with Gasteiger partial charge in [-0.1, -0.05) is 13.8 Å². The molecule has 1 rings (SSSR count). The molecule has 1 aromatic rings. The molecule has 0 saturated carbocycles. The molecule has 4 heteroatoms. The zero-order valence-electron chi connectivity index (χ0n) is 9.99. The highest BCUT2D eigenvalue weighted by Gasteiger charge is 2.18. The Labute approximate surface area is 91.3 Å². The van der Waals surface area contributed by atoms with Crippen molar-refractivity contribution in [2.45, 2.75) is 26.8 Å². The Hall–Kier alpha value is -0.870. The Morgan fingerprint density at radius 3 is 2.73 bits per heavy atom. The van der Waals surface area contributed by atoms with Gasteiger partial charge in [-0.25, -0.2) is 0 Å². The van der Waals surface area contributed by atoms with Gasteiger partial charge in [-0.05, 0) is 13.0 Å². The topological polar surface area (TPSA) is 50.1 Å². The Morgan fingerprint density at radius 1 is 1.60 bits per heavy atom. The fourth-order valence-electron chi connectivity index (χ4n) is 1.40. The van der Waals surface area contributed by atoms with E-state index in [0.717, 1.165) is 12.2 Å². The highest BCUT2D eigenvalue weighted by atomic mass is 16.3. The molecule has 0 saturated heterocycles. The van der Waals surface area contributed by atoms with E-state index in [-0.39, 0.29) is 18.1 Å². The second kappa shape index (κ2) is 4.77. The maximum atomic E-state index is 9.13. The van der Waals surface area contributed by atoms with E-state index in [9.17, 15) is 0 Å². The van der Waals surface area contributed by atoms with E-state index in [4.69, 9.17) is 5.11 Å². The average Bonchev–Trinajstić information content (AvgIpc) is 2.61. The molecule has 1 aromatic heterocycles. The molecule has 0 aliphatic heterocycles. The van der Waals surface area contributed by atoms with Gasteiger partial charge in [0.2, 0.25) is 0 Å². The fraction of sp³-hybridized carbons (Fsp3) is 0.727. The minimum atomic E-state index is -0.0765. The van der Waals surface area contributed by atoms with Crippen LogP contribution in [0.2, 0.25) is 0 Å². The van der Waals surface area contributed by atoms with Crippen LogP contribution in [0, 0.1) is 5.41 Å². The van der Waals surface area contributed by atoms with E-state index < -0.39 is 0 Å². The van der Waals surface area contributed by atoms with Crippen LogP contribution >= 0.6 is 0 Å². The van der Waals surface area contributed by atoms with E-state index in [0.29, 0.717) is 0 Å². The summed E-state index contributed by atoms with van der Waals surface area (Å²) in [6.45, 7) is 7.16. The lowest BCUT2D eigenvalue weighted by atomic mass is 9.94. The van der Waals surface area contributed by atoms with Crippen LogP contribution in [0.15, 0.2) is 12.3 Å². The predicted octanol–water partition coefficient (Wildman–Crippen LogP) is 1.09. The number of hydrogen-bond donors (Lipinski definition) is 2. The number of rotatable bonds is 5. The molecule has 0 aliphatic carbocycles. The van der Waals surface area contributed by atoms with Gasteiger partial charge >= 0.3 is 0 Å². The highest BCUT2D eigenvalue weighted by molar-refractivity contribution is 5.05. The van der Waals surface area contributed by atoms with Gasteiger partial charge in [-0.15, -0.1) is 0 Å². The fourth-order valence-corrected chi connectivity index (χ4v) is 1.40. The molecule has 1 atom stereocenters. The number of aromatic nitrogens is 2. The van der Waals surface area contributed by atoms with Gasteiger partial charge in [0.25, 0.3) is 0 Å². The Bertz CT molecular complexity index is 307. The summed E-state index contributed by atoms with van der Waals surface area (Å²) in [5, 5.41) is 16.7. The molecular formula is C11H21N3O. The van der Waals surface area contributed by atoms with Crippen molar-refractivity contribution in [3.05, 3.63) is 18.0 Å². The van der Waals surface area contributed by atoms with Crippen molar-refractivity contribution in [3.8, 4) is 0 Å². The average molecular weight is 211 g/mol. The van der Waals surface area contributed by atoms with Gasteiger partial charge in [-0.3, -0.25) is 4.68 Å². The van der Waals surface area contributed by atoms with Gasteiger partial charge in [0.05, 0.1) is 5.69 Å². The third-order valence-electron chi connectivity index (χ3n) is 2.62. The van der Waals surface area contributed by atoms with Gasteiger partial charge in [0.15, 0.2) is 0 Å². The number of aliphatic hydroxyl groups is 1. The van der Waals surface area contributed by atoms with Crippen LogP contribution in [0.4, 0.5) is 0 Å². The lowest BCUT2D eigenvalue weighted by molar-refractivity contribution is 0.153. The molecule has 0 fully saturated rings. The first-order valence-corrected chi connectivity index (χ1v) is 5.28. The maximum absolute atomic E-state index is 9.13. The largest absolute Gasteiger partial charge is 0.396 e. The molecule has 0 amide bonds. The standard InChI is InChI=1S/C11H21N3O/c1-9(10-5-6-13-14(10)4)12-7-11(2,3)8-15/h5-6,9,12,15H,7-8H2,1-4H3. The minimum Gasteiger partial charge on any atom is -0.396 e. The van der Waals surface area contributed by atoms with E-state index in [1.54, 1.807) is 6.20 Å². The quantitative estimate of drug-likeness (QED) is 0.766. The Morgan fingerprint density at radius 2 is 2.27 bits per heavy atom. The van der Waals surface area contributed by atoms with Gasteiger partial charge in [0, 0.05) is 37.9 Å². The minimum absolute atomic E-state index is 0.0765. The van der Waals surface area contributed by atoms with Crippen LogP contribution in [0.3, 0.4) is 0 Å². The van der Waals surface area contributed by atoms with E-state index >= 15 is 0 Å². The van der Waals surface area contributed by atoms with Gasteiger partial charge in [0.1, 0.15) is 0 Å². The first-order valence-electron chi connectivity index (χ1n) is 5.28. The van der Waals surface area contributed by atoms with Crippen LogP contribution < -0.4 is 5.32 Å². The van der Waals surface area contributed by atoms with E-state index in [1.165, 1.54) is 0 Å². The normalized spacial score (nSPS) is 14.2. The van der Waals surface area contributed by atoms with Crippen LogP contribution in [0.5, 0.6) is 0 Å². The van der Waals surface area contributed by atoms with Crippen LogP contribution in [0.1, 0.15) is 32.5 Å². The van der Waals surface area contributed by atoms with Crippen molar-refractivity contribution in [3.63, 3.8) is 0 Å². The SMILES string of the molecule is CC(NCC(C)(C)CO)c1ccnn1C. The lowest BCUT2D eigenvalue weighted by Crippen LogP contribution is -2.34. The van der Waals surface area contributed by atoms with Crippen molar-refractivity contribution >= 4 is 0 Å². The molecule has 0 bridgehead atoms.